The van der Waals surface area contributed by atoms with E-state index < -0.39 is 9.53 Å². The number of hydrogen-bond acceptors (Lipinski definition) is 3. The Morgan fingerprint density at radius 1 is 0.538 bits per heavy atom. The standard InChI is InChI=1S/6CH4.H10O3Si4/c;;;;;;4-1-7(2-5)3-6/h6*1H4;7H,4-6H3. The second kappa shape index (κ2) is 38.6. The van der Waals surface area contributed by atoms with E-state index in [1.165, 1.54) is 0 Å². The van der Waals surface area contributed by atoms with E-state index in [0.29, 0.717) is 0 Å². The Balaban J connectivity index is -0.0000000120. The summed E-state index contributed by atoms with van der Waals surface area (Å²) in [5.41, 5.74) is 0. The molecule has 0 saturated heterocycles. The number of hydrogen-bond donors (Lipinski definition) is 0. The molecule has 0 amide bonds. The summed E-state index contributed by atoms with van der Waals surface area (Å²) in [7, 11) is 0.757. The zero-order valence-corrected chi connectivity index (χ0v) is 12.0. The van der Waals surface area contributed by atoms with Crippen molar-refractivity contribution in [3.05, 3.63) is 0 Å². The lowest BCUT2D eigenvalue weighted by molar-refractivity contribution is 0.347. The first kappa shape index (κ1) is 49.1. The van der Waals surface area contributed by atoms with Gasteiger partial charge in [-0.15, -0.1) is 0 Å². The molecule has 0 bridgehead atoms. The minimum atomic E-state index is -1.49. The molecule has 0 saturated carbocycles. The maximum Gasteiger partial charge on any atom is 0.450 e. The van der Waals surface area contributed by atoms with Crippen LogP contribution in [0.25, 0.3) is 0 Å². The molecule has 0 rings (SSSR count). The summed E-state index contributed by atoms with van der Waals surface area (Å²) in [6.45, 7) is 0. The van der Waals surface area contributed by atoms with Crippen LogP contribution in [0.5, 0.6) is 0 Å². The normalized spacial score (nSPS) is 8.31. The Morgan fingerprint density at radius 2 is 0.692 bits per heavy atom. The first-order valence-corrected chi connectivity index (χ1v) is 5.80. The second-order valence-electron chi connectivity index (χ2n) is 0.996. The third-order valence-corrected chi connectivity index (χ3v) is 5.20. The number of rotatable bonds is 3. The van der Waals surface area contributed by atoms with Gasteiger partial charge in [-0.25, -0.2) is 0 Å². The Labute approximate surface area is 98.2 Å². The summed E-state index contributed by atoms with van der Waals surface area (Å²) >= 11 is 0. The van der Waals surface area contributed by atoms with Crippen LogP contribution in [0.15, 0.2) is 0 Å². The van der Waals surface area contributed by atoms with E-state index in [1.54, 1.807) is 0 Å². The molecule has 0 aliphatic heterocycles. The van der Waals surface area contributed by atoms with Crippen LogP contribution in [0.1, 0.15) is 44.6 Å². The largest absolute Gasteiger partial charge is 0.450 e. The molecule has 13 heavy (non-hydrogen) atoms. The van der Waals surface area contributed by atoms with Gasteiger partial charge >= 0.3 is 9.53 Å². The van der Waals surface area contributed by atoms with Crippen LogP contribution < -0.4 is 0 Å². The van der Waals surface area contributed by atoms with Crippen molar-refractivity contribution in [2.75, 3.05) is 0 Å². The average molecular weight is 267 g/mol. The van der Waals surface area contributed by atoms with E-state index in [1.807, 2.05) is 0 Å². The summed E-state index contributed by atoms with van der Waals surface area (Å²) in [5.74, 6) is 0. The van der Waals surface area contributed by atoms with Gasteiger partial charge in [0.05, 0.1) is 0 Å². The Morgan fingerprint density at radius 3 is 0.692 bits per heavy atom. The molecule has 7 heteroatoms. The van der Waals surface area contributed by atoms with Gasteiger partial charge in [0.25, 0.3) is 0 Å². The third kappa shape index (κ3) is 32.3. The minimum Gasteiger partial charge on any atom is -0.428 e. The fourth-order valence-electron chi connectivity index (χ4n) is 0.289. The van der Waals surface area contributed by atoms with Crippen LogP contribution in [0, 0.1) is 0 Å². The predicted octanol–water partition coefficient (Wildman–Crippen LogP) is -0.589. The third-order valence-electron chi connectivity index (χ3n) is 0.577. The van der Waals surface area contributed by atoms with Gasteiger partial charge in [-0.2, -0.15) is 0 Å². The highest BCUT2D eigenvalue weighted by Gasteiger charge is 2.02. The first-order chi connectivity index (χ1) is 3.35. The Bertz CT molecular complexity index is 41.4. The van der Waals surface area contributed by atoms with Crippen LogP contribution in [-0.2, 0) is 12.3 Å². The zero-order valence-electron chi connectivity index (χ0n) is 4.80. The lowest BCUT2D eigenvalue weighted by Crippen LogP contribution is -2.23. The van der Waals surface area contributed by atoms with Crippen molar-refractivity contribution in [3.63, 3.8) is 0 Å². The fourth-order valence-corrected chi connectivity index (χ4v) is 7.79. The van der Waals surface area contributed by atoms with Crippen molar-refractivity contribution < 1.29 is 12.3 Å². The molecule has 92 valence electrons. The molecule has 0 spiro atoms. The average Bonchev–Trinajstić information content (AvgIpc) is 1.72. The van der Waals surface area contributed by atoms with E-state index >= 15 is 0 Å². The highest BCUT2D eigenvalue weighted by atomic mass is 28.4. The smallest absolute Gasteiger partial charge is 0.428 e. The quantitative estimate of drug-likeness (QED) is 0.639. The highest BCUT2D eigenvalue weighted by molar-refractivity contribution is 6.50. The van der Waals surface area contributed by atoms with E-state index in [0.717, 1.165) is 31.5 Å². The van der Waals surface area contributed by atoms with Gasteiger partial charge in [0, 0.05) is 0 Å². The topological polar surface area (TPSA) is 27.7 Å². The predicted molar refractivity (Wildman–Crippen MR) is 80.6 cm³/mol. The highest BCUT2D eigenvalue weighted by Crippen LogP contribution is 1.78. The van der Waals surface area contributed by atoms with Crippen molar-refractivity contribution in [3.8, 4) is 0 Å². The molecule has 0 N–H and O–H groups in total. The molecule has 0 aliphatic carbocycles. The summed E-state index contributed by atoms with van der Waals surface area (Å²) < 4.78 is 14.9. The minimum absolute atomic E-state index is 0. The Kier molecular flexibility index (Phi) is 146. The summed E-state index contributed by atoms with van der Waals surface area (Å²) in [5, 5.41) is 0. The van der Waals surface area contributed by atoms with E-state index in [-0.39, 0.29) is 44.6 Å². The first-order valence-electron chi connectivity index (χ1n) is 1.93. The maximum atomic E-state index is 4.95. The van der Waals surface area contributed by atoms with Crippen LogP contribution in [0.2, 0.25) is 0 Å². The molecule has 3 nitrogen and oxygen atoms in total. The molecular formula is C6H34O3Si4. The monoisotopic (exact) mass is 266 g/mol. The van der Waals surface area contributed by atoms with E-state index in [2.05, 4.69) is 0 Å². The van der Waals surface area contributed by atoms with Crippen LogP contribution in [0.4, 0.5) is 0 Å². The fraction of sp³-hybridized carbons (Fsp3) is 1.00. The van der Waals surface area contributed by atoms with Crippen molar-refractivity contribution >= 4 is 41.0 Å². The lowest BCUT2D eigenvalue weighted by atomic mass is 12.0. The molecule has 0 aromatic heterocycles. The van der Waals surface area contributed by atoms with Crippen molar-refractivity contribution in [2.45, 2.75) is 44.6 Å². The van der Waals surface area contributed by atoms with Gasteiger partial charge in [0.1, 0.15) is 31.5 Å². The second-order valence-corrected chi connectivity index (χ2v) is 7.23. The van der Waals surface area contributed by atoms with Gasteiger partial charge < -0.3 is 12.3 Å². The van der Waals surface area contributed by atoms with Crippen LogP contribution in [-0.4, -0.2) is 41.0 Å². The van der Waals surface area contributed by atoms with Gasteiger partial charge in [-0.05, 0) is 0 Å². The molecule has 0 heterocycles. The lowest BCUT2D eigenvalue weighted by Gasteiger charge is -2.07. The molecular weight excluding hydrogens is 232 g/mol. The molecule has 0 aromatic rings. The van der Waals surface area contributed by atoms with E-state index in [4.69, 9.17) is 12.3 Å². The molecule has 0 aliphatic rings. The molecule has 0 atom stereocenters. The van der Waals surface area contributed by atoms with Crippen LogP contribution in [0.3, 0.4) is 0 Å². The Hall–Kier alpha value is 0.748. The zero-order chi connectivity index (χ0) is 5.70. The van der Waals surface area contributed by atoms with Gasteiger partial charge in [-0.1, -0.05) is 44.6 Å². The van der Waals surface area contributed by atoms with Gasteiger partial charge in [-0.3, -0.25) is 0 Å². The molecule has 0 radical (unpaired) electrons. The molecule has 0 fully saturated rings. The maximum absolute atomic E-state index is 4.95. The summed E-state index contributed by atoms with van der Waals surface area (Å²) in [4.78, 5) is 0. The van der Waals surface area contributed by atoms with Gasteiger partial charge in [0.2, 0.25) is 0 Å². The van der Waals surface area contributed by atoms with Gasteiger partial charge in [0.15, 0.2) is 0 Å². The summed E-state index contributed by atoms with van der Waals surface area (Å²) in [6.07, 6.45) is 0. The summed E-state index contributed by atoms with van der Waals surface area (Å²) in [6, 6.07) is 0. The van der Waals surface area contributed by atoms with Crippen molar-refractivity contribution in [2.24, 2.45) is 0 Å². The van der Waals surface area contributed by atoms with Crippen molar-refractivity contribution in [1.82, 2.24) is 0 Å². The van der Waals surface area contributed by atoms with Crippen LogP contribution >= 0.6 is 0 Å². The van der Waals surface area contributed by atoms with Crippen molar-refractivity contribution in [1.29, 1.82) is 0 Å². The molecule has 0 aromatic carbocycles. The molecule has 0 unspecified atom stereocenters. The SMILES string of the molecule is C.C.C.C.C.C.[SiH3]O[SiH](O[SiH3])O[SiH3]. The van der Waals surface area contributed by atoms with E-state index in [9.17, 15) is 0 Å².